The number of phenolic OH excluding ortho intramolecular Hbond substituents is 1. The Labute approximate surface area is 120 Å². The van der Waals surface area contributed by atoms with E-state index in [9.17, 15) is 13.9 Å². The molecule has 0 aliphatic heterocycles. The molecule has 0 heterocycles. The van der Waals surface area contributed by atoms with E-state index < -0.39 is 6.61 Å². The molecule has 0 aromatic heterocycles. The Balaban J connectivity index is 1.99. The predicted molar refractivity (Wildman–Crippen MR) is 75.1 cm³/mol. The number of anilines is 1. The number of phenols is 1. The maximum atomic E-state index is 12.0. The molecule has 0 saturated heterocycles. The maximum Gasteiger partial charge on any atom is 0.387 e. The van der Waals surface area contributed by atoms with Gasteiger partial charge < -0.3 is 19.9 Å². The molecular formula is C15H15F2NO3. The summed E-state index contributed by atoms with van der Waals surface area (Å²) in [5.74, 6) is 0.894. The summed E-state index contributed by atoms with van der Waals surface area (Å²) in [7, 11) is 1.55. The number of alkyl halides is 2. The van der Waals surface area contributed by atoms with E-state index in [0.29, 0.717) is 17.9 Å². The van der Waals surface area contributed by atoms with Crippen LogP contribution in [0.15, 0.2) is 42.5 Å². The molecule has 0 bridgehead atoms. The summed E-state index contributed by atoms with van der Waals surface area (Å²) in [5.41, 5.74) is 1.39. The van der Waals surface area contributed by atoms with Gasteiger partial charge >= 0.3 is 6.61 Å². The van der Waals surface area contributed by atoms with Gasteiger partial charge in [-0.05, 0) is 42.5 Å². The van der Waals surface area contributed by atoms with Crippen LogP contribution in [0.5, 0.6) is 17.2 Å². The number of benzene rings is 2. The van der Waals surface area contributed by atoms with Crippen LogP contribution in [0.3, 0.4) is 0 Å². The van der Waals surface area contributed by atoms with E-state index in [1.165, 1.54) is 12.1 Å². The van der Waals surface area contributed by atoms with Gasteiger partial charge in [0.1, 0.15) is 17.2 Å². The van der Waals surface area contributed by atoms with Crippen molar-refractivity contribution in [2.45, 2.75) is 13.2 Å². The molecule has 0 unspecified atom stereocenters. The second-order valence-corrected chi connectivity index (χ2v) is 4.25. The van der Waals surface area contributed by atoms with Crippen LogP contribution < -0.4 is 14.8 Å². The average Bonchev–Trinajstić information content (AvgIpc) is 2.47. The van der Waals surface area contributed by atoms with Crippen molar-refractivity contribution >= 4 is 5.69 Å². The van der Waals surface area contributed by atoms with Gasteiger partial charge in [-0.1, -0.05) is 0 Å². The number of halogens is 2. The van der Waals surface area contributed by atoms with Crippen LogP contribution in [0, 0.1) is 0 Å². The number of ether oxygens (including phenoxy) is 2. The molecule has 4 nitrogen and oxygen atoms in total. The van der Waals surface area contributed by atoms with Crippen LogP contribution in [-0.4, -0.2) is 18.8 Å². The molecule has 0 saturated carbocycles. The number of methoxy groups -OCH3 is 1. The van der Waals surface area contributed by atoms with E-state index >= 15 is 0 Å². The smallest absolute Gasteiger partial charge is 0.387 e. The fourth-order valence-electron chi connectivity index (χ4n) is 1.78. The van der Waals surface area contributed by atoms with Gasteiger partial charge in [-0.3, -0.25) is 0 Å². The third-order valence-corrected chi connectivity index (χ3v) is 2.85. The SMILES string of the molecule is COc1ccc(O)c(CNc2ccc(OC(F)F)cc2)c1. The number of aromatic hydroxyl groups is 1. The third kappa shape index (κ3) is 4.24. The average molecular weight is 295 g/mol. The van der Waals surface area contributed by atoms with Crippen molar-refractivity contribution in [1.82, 2.24) is 0 Å². The molecule has 6 heteroatoms. The maximum absolute atomic E-state index is 12.0. The largest absolute Gasteiger partial charge is 0.508 e. The lowest BCUT2D eigenvalue weighted by molar-refractivity contribution is -0.0498. The molecule has 0 amide bonds. The molecule has 0 atom stereocenters. The minimum Gasteiger partial charge on any atom is -0.508 e. The Bertz CT molecular complexity index is 588. The van der Waals surface area contributed by atoms with Crippen molar-refractivity contribution in [2.24, 2.45) is 0 Å². The standard InChI is InChI=1S/C15H15F2NO3/c1-20-13-6-7-14(19)10(8-13)9-18-11-2-4-12(5-3-11)21-15(16)17/h2-8,15,18-19H,9H2,1H3. The second kappa shape index (κ2) is 6.78. The number of hydrogen-bond acceptors (Lipinski definition) is 4. The van der Waals surface area contributed by atoms with Gasteiger partial charge in [-0.25, -0.2) is 0 Å². The van der Waals surface area contributed by atoms with Gasteiger partial charge in [0.05, 0.1) is 7.11 Å². The summed E-state index contributed by atoms with van der Waals surface area (Å²) < 4.78 is 33.4. The Hall–Kier alpha value is -2.50. The molecule has 0 spiro atoms. The van der Waals surface area contributed by atoms with Gasteiger partial charge in [0.15, 0.2) is 0 Å². The summed E-state index contributed by atoms with van der Waals surface area (Å²) in [6.45, 7) is -2.46. The summed E-state index contributed by atoms with van der Waals surface area (Å²) in [6.07, 6.45) is 0. The fourth-order valence-corrected chi connectivity index (χ4v) is 1.78. The summed E-state index contributed by atoms with van der Waals surface area (Å²) >= 11 is 0. The van der Waals surface area contributed by atoms with E-state index in [-0.39, 0.29) is 11.5 Å². The zero-order chi connectivity index (χ0) is 15.2. The first-order valence-corrected chi connectivity index (χ1v) is 6.23. The van der Waals surface area contributed by atoms with Gasteiger partial charge in [-0.15, -0.1) is 0 Å². The highest BCUT2D eigenvalue weighted by Gasteiger charge is 2.05. The highest BCUT2D eigenvalue weighted by molar-refractivity contribution is 5.48. The minimum absolute atomic E-state index is 0.0970. The summed E-state index contributed by atoms with van der Waals surface area (Å²) in [4.78, 5) is 0. The molecule has 0 radical (unpaired) electrons. The lowest BCUT2D eigenvalue weighted by atomic mass is 10.2. The number of hydrogen-bond donors (Lipinski definition) is 2. The minimum atomic E-state index is -2.84. The first-order chi connectivity index (χ1) is 10.1. The Kier molecular flexibility index (Phi) is 4.81. The van der Waals surface area contributed by atoms with Crippen LogP contribution in [-0.2, 0) is 6.54 Å². The second-order valence-electron chi connectivity index (χ2n) is 4.25. The number of nitrogens with one attached hydrogen (secondary N) is 1. The van der Waals surface area contributed by atoms with Gasteiger partial charge in [0.25, 0.3) is 0 Å². The molecule has 0 aliphatic rings. The molecule has 0 fully saturated rings. The molecule has 2 aromatic carbocycles. The van der Waals surface area contributed by atoms with Crippen molar-refractivity contribution in [3.05, 3.63) is 48.0 Å². The van der Waals surface area contributed by atoms with Crippen LogP contribution in [0.2, 0.25) is 0 Å². The van der Waals surface area contributed by atoms with Crippen molar-refractivity contribution in [3.63, 3.8) is 0 Å². The Morgan fingerprint density at radius 2 is 1.76 bits per heavy atom. The molecule has 2 aromatic rings. The molecule has 21 heavy (non-hydrogen) atoms. The molecule has 112 valence electrons. The van der Waals surface area contributed by atoms with E-state index in [2.05, 4.69) is 10.1 Å². The summed E-state index contributed by atoms with van der Waals surface area (Å²) in [6, 6.07) is 11.1. The van der Waals surface area contributed by atoms with E-state index in [0.717, 1.165) is 5.69 Å². The van der Waals surface area contributed by atoms with E-state index in [4.69, 9.17) is 4.74 Å². The first kappa shape index (κ1) is 14.9. The highest BCUT2D eigenvalue weighted by atomic mass is 19.3. The van der Waals surface area contributed by atoms with E-state index in [1.807, 2.05) is 0 Å². The fraction of sp³-hybridized carbons (Fsp3) is 0.200. The summed E-state index contributed by atoms with van der Waals surface area (Å²) in [5, 5.41) is 12.8. The zero-order valence-corrected chi connectivity index (χ0v) is 11.3. The first-order valence-electron chi connectivity index (χ1n) is 6.23. The van der Waals surface area contributed by atoms with Crippen molar-refractivity contribution < 1.29 is 23.4 Å². The monoisotopic (exact) mass is 295 g/mol. The van der Waals surface area contributed by atoms with Crippen LogP contribution in [0.4, 0.5) is 14.5 Å². The molecule has 0 aliphatic carbocycles. The quantitative estimate of drug-likeness (QED) is 0.854. The molecule has 2 rings (SSSR count). The lowest BCUT2D eigenvalue weighted by Gasteiger charge is -2.10. The third-order valence-electron chi connectivity index (χ3n) is 2.85. The van der Waals surface area contributed by atoms with Crippen molar-refractivity contribution in [1.29, 1.82) is 0 Å². The van der Waals surface area contributed by atoms with E-state index in [1.54, 1.807) is 37.4 Å². The Morgan fingerprint density at radius 3 is 2.38 bits per heavy atom. The van der Waals surface area contributed by atoms with Crippen LogP contribution in [0.1, 0.15) is 5.56 Å². The van der Waals surface area contributed by atoms with Crippen molar-refractivity contribution in [2.75, 3.05) is 12.4 Å². The van der Waals surface area contributed by atoms with Gasteiger partial charge in [-0.2, -0.15) is 8.78 Å². The predicted octanol–water partition coefficient (Wildman–Crippen LogP) is 3.61. The van der Waals surface area contributed by atoms with Crippen LogP contribution >= 0.6 is 0 Å². The highest BCUT2D eigenvalue weighted by Crippen LogP contribution is 2.24. The topological polar surface area (TPSA) is 50.7 Å². The van der Waals surface area contributed by atoms with Crippen molar-refractivity contribution in [3.8, 4) is 17.2 Å². The number of rotatable bonds is 6. The Morgan fingerprint density at radius 1 is 1.10 bits per heavy atom. The normalized spacial score (nSPS) is 10.5. The lowest BCUT2D eigenvalue weighted by Crippen LogP contribution is -2.03. The zero-order valence-electron chi connectivity index (χ0n) is 11.3. The van der Waals surface area contributed by atoms with Gasteiger partial charge in [0, 0.05) is 17.8 Å². The van der Waals surface area contributed by atoms with Gasteiger partial charge in [0.2, 0.25) is 0 Å². The molecule has 2 N–H and O–H groups in total. The van der Waals surface area contributed by atoms with Crippen LogP contribution in [0.25, 0.3) is 0 Å². The molecular weight excluding hydrogens is 280 g/mol.